The van der Waals surface area contributed by atoms with Crippen molar-refractivity contribution < 1.29 is 9.32 Å². The first-order valence-corrected chi connectivity index (χ1v) is 9.83. The molecule has 0 radical (unpaired) electrons. The Morgan fingerprint density at radius 3 is 2.53 bits per heavy atom. The summed E-state index contributed by atoms with van der Waals surface area (Å²) in [5.41, 5.74) is 5.87. The third-order valence-corrected chi connectivity index (χ3v) is 4.93. The summed E-state index contributed by atoms with van der Waals surface area (Å²) < 4.78 is 6.87. The SMILES string of the molecule is CCc1nc(-c2ccc(-n3cc(C(=O)Nc4ccc(C)cc4C)c(C)n3)cc2)no1. The first kappa shape index (κ1) is 19.6. The molecule has 4 aromatic rings. The van der Waals surface area contributed by atoms with E-state index in [9.17, 15) is 4.79 Å². The van der Waals surface area contributed by atoms with E-state index in [1.807, 2.05) is 70.2 Å². The number of nitrogens with one attached hydrogen (secondary N) is 1. The fraction of sp³-hybridized carbons (Fsp3) is 0.217. The fourth-order valence-corrected chi connectivity index (χ4v) is 3.24. The van der Waals surface area contributed by atoms with Crippen LogP contribution in [-0.4, -0.2) is 25.8 Å². The zero-order valence-electron chi connectivity index (χ0n) is 17.4. The van der Waals surface area contributed by atoms with Gasteiger partial charge >= 0.3 is 0 Å². The average Bonchev–Trinajstić information content (AvgIpc) is 3.37. The molecule has 0 aliphatic carbocycles. The number of hydrogen-bond acceptors (Lipinski definition) is 5. The lowest BCUT2D eigenvalue weighted by atomic mass is 10.1. The molecule has 2 heterocycles. The molecule has 0 aliphatic rings. The third-order valence-electron chi connectivity index (χ3n) is 4.93. The van der Waals surface area contributed by atoms with Gasteiger partial charge in [0.15, 0.2) is 0 Å². The van der Waals surface area contributed by atoms with Crippen molar-refractivity contribution in [1.82, 2.24) is 19.9 Å². The summed E-state index contributed by atoms with van der Waals surface area (Å²) in [7, 11) is 0. The summed E-state index contributed by atoms with van der Waals surface area (Å²) >= 11 is 0. The molecule has 30 heavy (non-hydrogen) atoms. The van der Waals surface area contributed by atoms with Gasteiger partial charge in [-0.15, -0.1) is 0 Å². The van der Waals surface area contributed by atoms with E-state index in [1.165, 1.54) is 0 Å². The number of carbonyl (C=O) groups is 1. The Bertz CT molecular complexity index is 1200. The van der Waals surface area contributed by atoms with Crippen LogP contribution in [0.3, 0.4) is 0 Å². The van der Waals surface area contributed by atoms with Crippen molar-refractivity contribution in [3.05, 3.63) is 76.9 Å². The number of nitrogens with zero attached hydrogens (tertiary/aromatic N) is 4. The number of aryl methyl sites for hydroxylation is 4. The molecule has 0 unspecified atom stereocenters. The van der Waals surface area contributed by atoms with Crippen LogP contribution in [0.15, 0.2) is 53.2 Å². The molecule has 0 spiro atoms. The largest absolute Gasteiger partial charge is 0.339 e. The van der Waals surface area contributed by atoms with E-state index in [0.29, 0.717) is 29.4 Å². The summed E-state index contributed by atoms with van der Waals surface area (Å²) in [5.74, 6) is 0.987. The number of anilines is 1. The Balaban J connectivity index is 1.55. The second kappa shape index (κ2) is 7.94. The molecule has 7 nitrogen and oxygen atoms in total. The minimum Gasteiger partial charge on any atom is -0.339 e. The molecule has 7 heteroatoms. The minimum absolute atomic E-state index is 0.179. The molecule has 0 saturated carbocycles. The Morgan fingerprint density at radius 1 is 1.10 bits per heavy atom. The van der Waals surface area contributed by atoms with Crippen molar-refractivity contribution >= 4 is 11.6 Å². The number of rotatable bonds is 5. The second-order valence-corrected chi connectivity index (χ2v) is 7.26. The number of hydrogen-bond donors (Lipinski definition) is 1. The standard InChI is InChI=1S/C23H23N5O2/c1-5-21-25-22(27-30-21)17-7-9-18(10-8-17)28-13-19(16(4)26-28)23(29)24-20-11-6-14(2)12-15(20)3/h6-13H,5H2,1-4H3,(H,24,29). The molecule has 0 fully saturated rings. The Morgan fingerprint density at radius 2 is 1.87 bits per heavy atom. The normalized spacial score (nSPS) is 10.9. The van der Waals surface area contributed by atoms with Crippen molar-refractivity contribution in [2.24, 2.45) is 0 Å². The number of carbonyl (C=O) groups excluding carboxylic acids is 1. The molecule has 1 N–H and O–H groups in total. The summed E-state index contributed by atoms with van der Waals surface area (Å²) in [6.07, 6.45) is 2.44. The molecule has 1 amide bonds. The topological polar surface area (TPSA) is 85.8 Å². The van der Waals surface area contributed by atoms with Gasteiger partial charge in [0.1, 0.15) is 0 Å². The molecule has 0 atom stereocenters. The zero-order chi connectivity index (χ0) is 21.3. The summed E-state index contributed by atoms with van der Waals surface area (Å²) in [6, 6.07) is 13.6. The maximum absolute atomic E-state index is 12.8. The number of aromatic nitrogens is 4. The van der Waals surface area contributed by atoms with Crippen LogP contribution >= 0.6 is 0 Å². The van der Waals surface area contributed by atoms with Gasteiger partial charge in [-0.1, -0.05) is 29.8 Å². The first-order valence-electron chi connectivity index (χ1n) is 9.83. The van der Waals surface area contributed by atoms with E-state index in [-0.39, 0.29) is 5.91 Å². The highest BCUT2D eigenvalue weighted by Crippen LogP contribution is 2.21. The Labute approximate surface area is 174 Å². The molecule has 152 valence electrons. The van der Waals surface area contributed by atoms with Gasteiger partial charge in [0.05, 0.1) is 16.9 Å². The quantitative estimate of drug-likeness (QED) is 0.525. The van der Waals surface area contributed by atoms with Crippen LogP contribution in [0.2, 0.25) is 0 Å². The van der Waals surface area contributed by atoms with Crippen LogP contribution in [0.5, 0.6) is 0 Å². The lowest BCUT2D eigenvalue weighted by Crippen LogP contribution is -2.13. The number of amides is 1. The second-order valence-electron chi connectivity index (χ2n) is 7.26. The average molecular weight is 401 g/mol. The third kappa shape index (κ3) is 3.87. The van der Waals surface area contributed by atoms with Crippen molar-refractivity contribution in [3.63, 3.8) is 0 Å². The summed E-state index contributed by atoms with van der Waals surface area (Å²) in [6.45, 7) is 7.80. The Hall–Kier alpha value is -3.74. The maximum atomic E-state index is 12.8. The molecular weight excluding hydrogens is 378 g/mol. The molecule has 2 aromatic carbocycles. The highest BCUT2D eigenvalue weighted by Gasteiger charge is 2.16. The maximum Gasteiger partial charge on any atom is 0.259 e. The monoisotopic (exact) mass is 401 g/mol. The minimum atomic E-state index is -0.179. The molecule has 0 saturated heterocycles. The van der Waals surface area contributed by atoms with E-state index in [0.717, 1.165) is 28.1 Å². The van der Waals surface area contributed by atoms with E-state index >= 15 is 0 Å². The molecule has 0 bridgehead atoms. The fourth-order valence-electron chi connectivity index (χ4n) is 3.24. The smallest absolute Gasteiger partial charge is 0.259 e. The summed E-state index contributed by atoms with van der Waals surface area (Å²) in [4.78, 5) is 17.1. The van der Waals surface area contributed by atoms with Crippen LogP contribution in [0, 0.1) is 20.8 Å². The van der Waals surface area contributed by atoms with Gasteiger partial charge in [-0.05, 0) is 56.7 Å². The van der Waals surface area contributed by atoms with Crippen molar-refractivity contribution in [2.45, 2.75) is 34.1 Å². The Kier molecular flexibility index (Phi) is 5.18. The predicted molar refractivity (Wildman–Crippen MR) is 115 cm³/mol. The highest BCUT2D eigenvalue weighted by atomic mass is 16.5. The first-order chi connectivity index (χ1) is 14.4. The zero-order valence-corrected chi connectivity index (χ0v) is 17.4. The van der Waals surface area contributed by atoms with E-state index in [2.05, 4.69) is 20.6 Å². The van der Waals surface area contributed by atoms with Gasteiger partial charge in [-0.25, -0.2) is 4.68 Å². The predicted octanol–water partition coefficient (Wildman–Crippen LogP) is 4.66. The summed E-state index contributed by atoms with van der Waals surface area (Å²) in [5, 5.41) is 11.5. The van der Waals surface area contributed by atoms with Gasteiger partial charge < -0.3 is 9.84 Å². The van der Waals surface area contributed by atoms with Gasteiger partial charge in [-0.3, -0.25) is 4.79 Å². The van der Waals surface area contributed by atoms with Crippen molar-refractivity contribution in [3.8, 4) is 17.1 Å². The number of benzene rings is 2. The van der Waals surface area contributed by atoms with E-state index in [1.54, 1.807) is 10.9 Å². The van der Waals surface area contributed by atoms with Crippen LogP contribution in [0.1, 0.15) is 40.0 Å². The molecular formula is C23H23N5O2. The van der Waals surface area contributed by atoms with E-state index in [4.69, 9.17) is 4.52 Å². The van der Waals surface area contributed by atoms with Gasteiger partial charge in [0.2, 0.25) is 11.7 Å². The van der Waals surface area contributed by atoms with Crippen LogP contribution in [0.25, 0.3) is 17.1 Å². The van der Waals surface area contributed by atoms with Gasteiger partial charge in [-0.2, -0.15) is 10.1 Å². The molecule has 2 aromatic heterocycles. The van der Waals surface area contributed by atoms with Gasteiger partial charge in [0, 0.05) is 23.9 Å². The molecule has 0 aliphatic heterocycles. The lowest BCUT2D eigenvalue weighted by molar-refractivity contribution is 0.102. The van der Waals surface area contributed by atoms with E-state index < -0.39 is 0 Å². The highest BCUT2D eigenvalue weighted by molar-refractivity contribution is 6.05. The lowest BCUT2D eigenvalue weighted by Gasteiger charge is -2.08. The van der Waals surface area contributed by atoms with Crippen LogP contribution < -0.4 is 5.32 Å². The van der Waals surface area contributed by atoms with Crippen molar-refractivity contribution in [2.75, 3.05) is 5.32 Å². The van der Waals surface area contributed by atoms with Gasteiger partial charge in [0.25, 0.3) is 5.91 Å². The van der Waals surface area contributed by atoms with Crippen LogP contribution in [0.4, 0.5) is 5.69 Å². The van der Waals surface area contributed by atoms with Crippen LogP contribution in [-0.2, 0) is 6.42 Å². The van der Waals surface area contributed by atoms with Crippen molar-refractivity contribution in [1.29, 1.82) is 0 Å². The molecule has 4 rings (SSSR count).